The van der Waals surface area contributed by atoms with Gasteiger partial charge in [-0.25, -0.2) is 0 Å². The molecule has 1 heterocycles. The van der Waals surface area contributed by atoms with Crippen molar-refractivity contribution in [2.45, 2.75) is 25.9 Å². The second-order valence-electron chi connectivity index (χ2n) is 8.97. The van der Waals surface area contributed by atoms with Crippen molar-refractivity contribution >= 4 is 23.9 Å². The molecule has 4 aromatic rings. The standard InChI is InChI=1S/C29H28F3N5O3/c1-36(16-20-8-12-23(13-9-20)29(30,31)32)25-26(37(19-38)17-21-10-14-24(39-2)15-11-21)34-28(33)35-27(25)40-18-22-6-4-3-5-7-22/h3-15,19H,16-18H2,1-2H3,(H2,33,34,35). The lowest BCUT2D eigenvalue weighted by Crippen LogP contribution is -2.27. The number of methoxy groups -OCH3 is 1. The Bertz CT molecular complexity index is 1420. The second-order valence-corrected chi connectivity index (χ2v) is 8.97. The van der Waals surface area contributed by atoms with Crippen LogP contribution in [0.4, 0.5) is 30.6 Å². The van der Waals surface area contributed by atoms with E-state index < -0.39 is 11.7 Å². The number of hydrogen-bond acceptors (Lipinski definition) is 7. The molecule has 11 heteroatoms. The third-order valence-corrected chi connectivity index (χ3v) is 6.06. The molecule has 2 N–H and O–H groups in total. The summed E-state index contributed by atoms with van der Waals surface area (Å²) in [6.45, 7) is 0.496. The summed E-state index contributed by atoms with van der Waals surface area (Å²) in [6.07, 6.45) is -3.81. The van der Waals surface area contributed by atoms with E-state index in [1.54, 1.807) is 31.2 Å². The minimum atomic E-state index is -4.44. The average molecular weight is 552 g/mol. The van der Waals surface area contributed by atoms with Crippen molar-refractivity contribution in [2.75, 3.05) is 29.7 Å². The van der Waals surface area contributed by atoms with E-state index in [4.69, 9.17) is 15.2 Å². The number of nitrogens with two attached hydrogens (primary N) is 1. The van der Waals surface area contributed by atoms with Crippen LogP contribution in [0.15, 0.2) is 78.9 Å². The van der Waals surface area contributed by atoms with Gasteiger partial charge in [-0.05, 0) is 41.0 Å². The summed E-state index contributed by atoms with van der Waals surface area (Å²) in [4.78, 5) is 24.1. The first-order valence-electron chi connectivity index (χ1n) is 12.2. The largest absolute Gasteiger partial charge is 0.497 e. The number of amides is 1. The average Bonchev–Trinajstić information content (AvgIpc) is 2.95. The molecular weight excluding hydrogens is 523 g/mol. The quantitative estimate of drug-likeness (QED) is 0.247. The van der Waals surface area contributed by atoms with Crippen molar-refractivity contribution in [1.82, 2.24) is 9.97 Å². The van der Waals surface area contributed by atoms with Gasteiger partial charge in [-0.3, -0.25) is 9.69 Å². The van der Waals surface area contributed by atoms with Crippen LogP contribution in [0.25, 0.3) is 0 Å². The van der Waals surface area contributed by atoms with Gasteiger partial charge in [-0.2, -0.15) is 23.1 Å². The van der Waals surface area contributed by atoms with E-state index in [0.717, 1.165) is 23.3 Å². The maximum absolute atomic E-state index is 13.1. The number of hydrogen-bond donors (Lipinski definition) is 1. The number of nitrogen functional groups attached to an aromatic ring is 1. The highest BCUT2D eigenvalue weighted by Crippen LogP contribution is 2.38. The molecule has 0 spiro atoms. The fourth-order valence-electron chi connectivity index (χ4n) is 4.04. The Balaban J connectivity index is 1.71. The minimum absolute atomic E-state index is 0.105. The summed E-state index contributed by atoms with van der Waals surface area (Å²) in [5.74, 6) is 0.880. The summed E-state index contributed by atoms with van der Waals surface area (Å²) in [5.41, 5.74) is 7.93. The van der Waals surface area contributed by atoms with Crippen molar-refractivity contribution in [3.05, 3.63) is 101 Å². The Morgan fingerprint density at radius 1 is 0.875 bits per heavy atom. The Labute approximate surface area is 229 Å². The van der Waals surface area contributed by atoms with Crippen LogP contribution in [0, 0.1) is 0 Å². The highest BCUT2D eigenvalue weighted by molar-refractivity contribution is 5.84. The van der Waals surface area contributed by atoms with E-state index in [9.17, 15) is 18.0 Å². The van der Waals surface area contributed by atoms with Gasteiger partial charge in [0, 0.05) is 13.6 Å². The predicted molar refractivity (Wildman–Crippen MR) is 146 cm³/mol. The molecule has 208 valence electrons. The number of carbonyl (C=O) groups excluding carboxylic acids is 1. The molecule has 0 saturated heterocycles. The molecular formula is C29H28F3N5O3. The molecule has 0 bridgehead atoms. The zero-order chi connectivity index (χ0) is 28.7. The van der Waals surface area contributed by atoms with Crippen LogP contribution in [0.1, 0.15) is 22.3 Å². The Morgan fingerprint density at radius 2 is 1.50 bits per heavy atom. The van der Waals surface area contributed by atoms with Crippen molar-refractivity contribution in [2.24, 2.45) is 0 Å². The normalized spacial score (nSPS) is 11.1. The van der Waals surface area contributed by atoms with E-state index in [1.165, 1.54) is 17.0 Å². The van der Waals surface area contributed by atoms with Gasteiger partial charge in [-0.1, -0.05) is 54.6 Å². The first-order chi connectivity index (χ1) is 19.2. The van der Waals surface area contributed by atoms with E-state index in [0.29, 0.717) is 23.4 Å². The maximum Gasteiger partial charge on any atom is 0.416 e. The number of carbonyl (C=O) groups is 1. The first kappa shape index (κ1) is 28.2. The molecule has 8 nitrogen and oxygen atoms in total. The van der Waals surface area contributed by atoms with Gasteiger partial charge in [0.2, 0.25) is 18.2 Å². The molecule has 3 aromatic carbocycles. The number of benzene rings is 3. The van der Waals surface area contributed by atoms with Crippen molar-refractivity contribution in [3.8, 4) is 11.6 Å². The van der Waals surface area contributed by atoms with Crippen LogP contribution >= 0.6 is 0 Å². The van der Waals surface area contributed by atoms with E-state index in [2.05, 4.69) is 9.97 Å². The van der Waals surface area contributed by atoms with Crippen LogP contribution in [-0.2, 0) is 30.7 Å². The Morgan fingerprint density at radius 3 is 2.10 bits per heavy atom. The van der Waals surface area contributed by atoms with Crippen LogP contribution in [0.5, 0.6) is 11.6 Å². The highest BCUT2D eigenvalue weighted by atomic mass is 19.4. The third-order valence-electron chi connectivity index (χ3n) is 6.06. The maximum atomic E-state index is 13.1. The molecule has 1 aromatic heterocycles. The zero-order valence-corrected chi connectivity index (χ0v) is 21.9. The number of ether oxygens (including phenoxy) is 2. The zero-order valence-electron chi connectivity index (χ0n) is 21.9. The topological polar surface area (TPSA) is 93.8 Å². The summed E-state index contributed by atoms with van der Waals surface area (Å²) >= 11 is 0. The fourth-order valence-corrected chi connectivity index (χ4v) is 4.04. The molecule has 0 saturated carbocycles. The number of alkyl halides is 3. The lowest BCUT2D eigenvalue weighted by atomic mass is 10.1. The molecule has 0 aliphatic heterocycles. The van der Waals surface area contributed by atoms with Gasteiger partial charge in [0.25, 0.3) is 0 Å². The Kier molecular flexibility index (Phi) is 8.73. The predicted octanol–water partition coefficient (Wildman–Crippen LogP) is 5.46. The monoisotopic (exact) mass is 551 g/mol. The molecule has 0 unspecified atom stereocenters. The van der Waals surface area contributed by atoms with Gasteiger partial charge in [0.05, 0.1) is 19.2 Å². The molecule has 0 fully saturated rings. The summed E-state index contributed by atoms with van der Waals surface area (Å²) in [6, 6.07) is 21.4. The number of rotatable bonds is 11. The van der Waals surface area contributed by atoms with E-state index >= 15 is 0 Å². The van der Waals surface area contributed by atoms with Gasteiger partial charge in [0.15, 0.2) is 5.82 Å². The van der Waals surface area contributed by atoms with Gasteiger partial charge >= 0.3 is 6.18 Å². The number of nitrogens with zero attached hydrogens (tertiary/aromatic N) is 4. The van der Waals surface area contributed by atoms with Crippen molar-refractivity contribution < 1.29 is 27.4 Å². The lowest BCUT2D eigenvalue weighted by molar-refractivity contribution is -0.137. The molecule has 4 rings (SSSR count). The van der Waals surface area contributed by atoms with Gasteiger partial charge < -0.3 is 20.1 Å². The fraction of sp³-hybridized carbons (Fsp3) is 0.207. The number of anilines is 3. The van der Waals surface area contributed by atoms with E-state index in [-0.39, 0.29) is 37.3 Å². The van der Waals surface area contributed by atoms with Crippen molar-refractivity contribution in [1.29, 1.82) is 0 Å². The van der Waals surface area contributed by atoms with Crippen LogP contribution in [0.3, 0.4) is 0 Å². The first-order valence-corrected chi connectivity index (χ1v) is 12.2. The summed E-state index contributed by atoms with van der Waals surface area (Å²) in [5, 5.41) is 0. The van der Waals surface area contributed by atoms with Crippen molar-refractivity contribution in [3.63, 3.8) is 0 Å². The molecule has 0 aliphatic carbocycles. The third kappa shape index (κ3) is 6.99. The summed E-state index contributed by atoms with van der Waals surface area (Å²) in [7, 11) is 3.27. The van der Waals surface area contributed by atoms with Crippen LogP contribution in [0.2, 0.25) is 0 Å². The smallest absolute Gasteiger partial charge is 0.416 e. The van der Waals surface area contributed by atoms with Gasteiger partial charge in [-0.15, -0.1) is 0 Å². The lowest BCUT2D eigenvalue weighted by Gasteiger charge is -2.28. The molecule has 0 atom stereocenters. The molecule has 1 amide bonds. The minimum Gasteiger partial charge on any atom is -0.497 e. The van der Waals surface area contributed by atoms with Crippen LogP contribution in [-0.4, -0.2) is 30.5 Å². The second kappa shape index (κ2) is 12.4. The number of halogens is 3. The van der Waals surface area contributed by atoms with E-state index in [1.807, 2.05) is 42.5 Å². The van der Waals surface area contributed by atoms with Gasteiger partial charge in [0.1, 0.15) is 18.0 Å². The SMILES string of the molecule is COc1ccc(CN(C=O)c2nc(N)nc(OCc3ccccc3)c2N(C)Cc2ccc(C(F)(F)F)cc2)cc1. The Hall–Kier alpha value is -4.80. The molecule has 40 heavy (non-hydrogen) atoms. The molecule has 0 aliphatic rings. The molecule has 0 radical (unpaired) electrons. The van der Waals surface area contributed by atoms with Crippen LogP contribution < -0.4 is 25.0 Å². The number of aromatic nitrogens is 2. The highest BCUT2D eigenvalue weighted by Gasteiger charge is 2.30. The summed E-state index contributed by atoms with van der Waals surface area (Å²) < 4.78 is 50.5.